The molecule has 0 amide bonds. The van der Waals surface area contributed by atoms with Crippen molar-refractivity contribution >= 4 is 17.3 Å². The van der Waals surface area contributed by atoms with Gasteiger partial charge in [0, 0.05) is 23.8 Å². The van der Waals surface area contributed by atoms with Crippen molar-refractivity contribution in [3.8, 4) is 5.69 Å². The Labute approximate surface area is 197 Å². The van der Waals surface area contributed by atoms with Gasteiger partial charge in [-0.15, -0.1) is 0 Å². The second kappa shape index (κ2) is 8.75. The summed E-state index contributed by atoms with van der Waals surface area (Å²) in [7, 11) is 0. The van der Waals surface area contributed by atoms with E-state index in [1.807, 2.05) is 60.9 Å². The highest BCUT2D eigenvalue weighted by Gasteiger charge is 2.41. The van der Waals surface area contributed by atoms with Gasteiger partial charge in [-0.2, -0.15) is 0 Å². The van der Waals surface area contributed by atoms with E-state index in [-0.39, 0.29) is 17.9 Å². The first kappa shape index (κ1) is 21.3. The number of pyridine rings is 2. The lowest BCUT2D eigenvalue weighted by molar-refractivity contribution is 0.307. The molecule has 0 aliphatic carbocycles. The lowest BCUT2D eigenvalue weighted by atomic mass is 9.96. The van der Waals surface area contributed by atoms with Crippen LogP contribution in [-0.4, -0.2) is 24.5 Å². The molecule has 0 bridgehead atoms. The van der Waals surface area contributed by atoms with Gasteiger partial charge < -0.3 is 14.8 Å². The van der Waals surface area contributed by atoms with Crippen molar-refractivity contribution in [1.82, 2.24) is 24.8 Å². The number of rotatable bonds is 5. The number of hydrogen-bond acceptors (Lipinski definition) is 3. The van der Waals surface area contributed by atoms with Crippen molar-refractivity contribution in [2.45, 2.75) is 32.5 Å². The number of hydrogen-bond donors (Lipinski definition) is 1. The molecule has 1 N–H and O–H groups in total. The second-order valence-corrected chi connectivity index (χ2v) is 8.58. The highest BCUT2D eigenvalue weighted by Crippen LogP contribution is 2.42. The quantitative estimate of drug-likeness (QED) is 0.418. The zero-order valence-corrected chi connectivity index (χ0v) is 19.3. The molecule has 1 saturated heterocycles. The zero-order valence-electron chi connectivity index (χ0n) is 18.4. The van der Waals surface area contributed by atoms with Crippen LogP contribution >= 0.6 is 12.2 Å². The van der Waals surface area contributed by atoms with Crippen molar-refractivity contribution in [2.24, 2.45) is 0 Å². The van der Waals surface area contributed by atoms with E-state index in [0.717, 1.165) is 28.3 Å². The molecule has 0 unspecified atom stereocenters. The molecule has 1 fully saturated rings. The molecule has 4 aromatic rings. The van der Waals surface area contributed by atoms with E-state index < -0.39 is 0 Å². The molecule has 1 aliphatic rings. The number of halogens is 1. The lowest BCUT2D eigenvalue weighted by Gasteiger charge is -2.28. The molecule has 1 aromatic carbocycles. The van der Waals surface area contributed by atoms with Crippen LogP contribution in [0.5, 0.6) is 0 Å². The third-order valence-corrected chi connectivity index (χ3v) is 6.49. The Balaban J connectivity index is 1.63. The largest absolute Gasteiger partial charge is 0.352 e. The maximum atomic E-state index is 14.7. The van der Waals surface area contributed by atoms with Crippen LogP contribution in [0.15, 0.2) is 79.1 Å². The molecule has 0 saturated carbocycles. The van der Waals surface area contributed by atoms with Crippen LogP contribution < -0.4 is 5.32 Å². The monoisotopic (exact) mass is 457 g/mol. The average molecular weight is 458 g/mol. The molecule has 5 rings (SSSR count). The average Bonchev–Trinajstić information content (AvgIpc) is 3.30. The molecule has 2 atom stereocenters. The number of benzene rings is 1. The van der Waals surface area contributed by atoms with Crippen molar-refractivity contribution < 1.29 is 4.39 Å². The predicted octanol–water partition coefficient (Wildman–Crippen LogP) is 5.20. The highest BCUT2D eigenvalue weighted by atomic mass is 32.1. The smallest absolute Gasteiger partial charge is 0.170 e. The van der Waals surface area contributed by atoms with E-state index in [1.54, 1.807) is 24.5 Å². The van der Waals surface area contributed by atoms with E-state index in [9.17, 15) is 4.39 Å². The first-order valence-corrected chi connectivity index (χ1v) is 11.3. The summed E-state index contributed by atoms with van der Waals surface area (Å²) in [5.41, 5.74) is 5.39. The number of thiocarbonyl (C=S) groups is 1. The van der Waals surface area contributed by atoms with Gasteiger partial charge in [0.2, 0.25) is 0 Å². The zero-order chi connectivity index (χ0) is 22.9. The molecule has 0 radical (unpaired) electrons. The molecular formula is C26H24FN5S. The van der Waals surface area contributed by atoms with Gasteiger partial charge >= 0.3 is 0 Å². The first-order chi connectivity index (χ1) is 16.0. The van der Waals surface area contributed by atoms with Crippen LogP contribution in [0.2, 0.25) is 0 Å². The van der Waals surface area contributed by atoms with Gasteiger partial charge in [-0.05, 0) is 74.1 Å². The van der Waals surface area contributed by atoms with Crippen molar-refractivity contribution in [2.75, 3.05) is 0 Å². The topological polar surface area (TPSA) is 46.0 Å². The molecule has 4 heterocycles. The van der Waals surface area contributed by atoms with Crippen LogP contribution in [0.4, 0.5) is 4.39 Å². The summed E-state index contributed by atoms with van der Waals surface area (Å²) >= 11 is 5.78. The fraction of sp³-hybridized carbons (Fsp3) is 0.192. The maximum absolute atomic E-state index is 14.7. The van der Waals surface area contributed by atoms with Gasteiger partial charge in [0.05, 0.1) is 35.7 Å². The Hall–Kier alpha value is -3.58. The maximum Gasteiger partial charge on any atom is 0.170 e. The summed E-state index contributed by atoms with van der Waals surface area (Å²) in [6, 6.07) is 20.5. The summed E-state index contributed by atoms with van der Waals surface area (Å²) < 4.78 is 16.7. The number of nitrogens with one attached hydrogen (secondary N) is 1. The van der Waals surface area contributed by atoms with E-state index in [1.165, 1.54) is 6.07 Å². The van der Waals surface area contributed by atoms with Crippen molar-refractivity contribution in [3.63, 3.8) is 0 Å². The normalized spacial score (nSPS) is 17.9. The Kier molecular flexibility index (Phi) is 5.64. The van der Waals surface area contributed by atoms with E-state index in [2.05, 4.69) is 26.3 Å². The minimum Gasteiger partial charge on any atom is -0.352 e. The summed E-state index contributed by atoms with van der Waals surface area (Å²) in [6.07, 6.45) is 3.58. The molecule has 1 aliphatic heterocycles. The van der Waals surface area contributed by atoms with E-state index in [4.69, 9.17) is 12.2 Å². The van der Waals surface area contributed by atoms with Gasteiger partial charge in [-0.3, -0.25) is 9.97 Å². The van der Waals surface area contributed by atoms with Gasteiger partial charge in [0.15, 0.2) is 5.11 Å². The van der Waals surface area contributed by atoms with Crippen LogP contribution in [0.1, 0.15) is 40.4 Å². The Bertz CT molecular complexity index is 1290. The summed E-state index contributed by atoms with van der Waals surface area (Å²) in [5, 5.41) is 4.13. The Morgan fingerprint density at radius 2 is 1.70 bits per heavy atom. The molecule has 33 heavy (non-hydrogen) atoms. The number of nitrogens with zero attached hydrogens (tertiary/aromatic N) is 4. The summed E-state index contributed by atoms with van der Waals surface area (Å²) in [6.45, 7) is 4.59. The number of aromatic nitrogens is 3. The van der Waals surface area contributed by atoms with Gasteiger partial charge in [0.1, 0.15) is 5.82 Å². The van der Waals surface area contributed by atoms with Crippen molar-refractivity contribution in [1.29, 1.82) is 0 Å². The first-order valence-electron chi connectivity index (χ1n) is 10.9. The minimum absolute atomic E-state index is 0.124. The SMILES string of the molecule is Cc1cc([C@@H]2[C@H](c3ccccn3)NC(=S)N2Cc2ccccn2)c(C)n1-c1ccccc1F. The van der Waals surface area contributed by atoms with E-state index in [0.29, 0.717) is 17.3 Å². The fourth-order valence-electron chi connectivity index (χ4n) is 4.67. The Morgan fingerprint density at radius 1 is 0.970 bits per heavy atom. The molecule has 7 heteroatoms. The lowest BCUT2D eigenvalue weighted by Crippen LogP contribution is -2.29. The third kappa shape index (κ3) is 3.89. The number of para-hydroxylation sites is 1. The number of aryl methyl sites for hydroxylation is 1. The predicted molar refractivity (Wildman–Crippen MR) is 130 cm³/mol. The minimum atomic E-state index is -0.252. The van der Waals surface area contributed by atoms with Gasteiger partial charge in [0.25, 0.3) is 0 Å². The molecular weight excluding hydrogens is 433 g/mol. The fourth-order valence-corrected chi connectivity index (χ4v) is 4.98. The molecule has 3 aromatic heterocycles. The van der Waals surface area contributed by atoms with Crippen molar-refractivity contribution in [3.05, 3.63) is 113 Å². The van der Waals surface area contributed by atoms with Crippen LogP contribution in [0.3, 0.4) is 0 Å². The summed E-state index contributed by atoms with van der Waals surface area (Å²) in [4.78, 5) is 11.3. The van der Waals surface area contributed by atoms with E-state index >= 15 is 0 Å². The van der Waals surface area contributed by atoms with Crippen LogP contribution in [0, 0.1) is 19.7 Å². The molecule has 5 nitrogen and oxygen atoms in total. The molecule has 166 valence electrons. The molecule has 0 spiro atoms. The van der Waals surface area contributed by atoms with Crippen LogP contribution in [-0.2, 0) is 6.54 Å². The highest BCUT2D eigenvalue weighted by molar-refractivity contribution is 7.80. The third-order valence-electron chi connectivity index (χ3n) is 6.14. The summed E-state index contributed by atoms with van der Waals surface area (Å²) in [5.74, 6) is -0.252. The standard InChI is InChI=1S/C26H24FN5S/c1-17-15-20(18(2)32(17)23-12-4-3-10-21(23)27)25-24(22-11-6-8-14-29-22)30-26(33)31(25)16-19-9-5-7-13-28-19/h3-15,24-25H,16H2,1-2H3,(H,30,33)/t24-,25+/m0/s1. The van der Waals surface area contributed by atoms with Gasteiger partial charge in [-0.1, -0.05) is 24.3 Å². The van der Waals surface area contributed by atoms with Gasteiger partial charge in [-0.25, -0.2) is 4.39 Å². The Morgan fingerprint density at radius 3 is 2.39 bits per heavy atom. The second-order valence-electron chi connectivity index (χ2n) is 8.19. The van der Waals surface area contributed by atoms with Crippen LogP contribution in [0.25, 0.3) is 5.69 Å².